The first-order chi connectivity index (χ1) is 20.4. The molecule has 0 spiro atoms. The molecule has 0 unspecified atom stereocenters. The van der Waals surface area contributed by atoms with Crippen LogP contribution in [0.5, 0.6) is 0 Å². The molecule has 4 rings (SSSR count). The van der Waals surface area contributed by atoms with Gasteiger partial charge in [0.1, 0.15) is 0 Å². The van der Waals surface area contributed by atoms with Gasteiger partial charge in [0.25, 0.3) is 0 Å². The van der Waals surface area contributed by atoms with Crippen molar-refractivity contribution in [2.75, 3.05) is 0 Å². The first kappa shape index (κ1) is 39.1. The van der Waals surface area contributed by atoms with Gasteiger partial charge in [-0.3, -0.25) is 9.59 Å². The van der Waals surface area contributed by atoms with Crippen molar-refractivity contribution in [3.05, 3.63) is 170 Å². The van der Waals surface area contributed by atoms with Gasteiger partial charge in [-0.1, -0.05) is 160 Å². The van der Waals surface area contributed by atoms with E-state index < -0.39 is 0 Å². The minimum Gasteiger partial charge on any atom is -0.872 e. The van der Waals surface area contributed by atoms with Crippen molar-refractivity contribution in [1.82, 2.24) is 0 Å². The van der Waals surface area contributed by atoms with Crippen molar-refractivity contribution >= 4 is 47.0 Å². The van der Waals surface area contributed by atoms with Crippen molar-refractivity contribution in [2.24, 2.45) is 0 Å². The zero-order valence-electron chi connectivity index (χ0n) is 25.1. The van der Waals surface area contributed by atoms with Crippen molar-refractivity contribution in [2.45, 2.75) is 39.5 Å². The van der Waals surface area contributed by atoms with E-state index in [4.69, 9.17) is 0 Å². The minimum atomic E-state index is -0.264. The second-order valence-corrected chi connectivity index (χ2v) is 8.92. The molecule has 4 aromatic rings. The van der Waals surface area contributed by atoms with Crippen molar-refractivity contribution in [3.63, 3.8) is 0 Å². The molecule has 0 N–H and O–H groups in total. The smallest absolute Gasteiger partial charge is 0.872 e. The van der Waals surface area contributed by atoms with Crippen LogP contribution >= 0.6 is 0 Å². The summed E-state index contributed by atoms with van der Waals surface area (Å²) in [5.41, 5.74) is 2.10. The summed E-state index contributed by atoms with van der Waals surface area (Å²) < 4.78 is 0. The van der Waals surface area contributed by atoms with Crippen LogP contribution in [-0.2, 0) is 0 Å². The van der Waals surface area contributed by atoms with Gasteiger partial charge in [0.15, 0.2) is 11.6 Å². The molecule has 0 aliphatic rings. The predicted octanol–water partition coefficient (Wildman–Crippen LogP) is 7.40. The van der Waals surface area contributed by atoms with Gasteiger partial charge in [0.05, 0.1) is 0 Å². The Bertz CT molecular complexity index is 1220. The zero-order chi connectivity index (χ0) is 31.0. The molecule has 4 nitrogen and oxygen atoms in total. The molecule has 0 bridgehead atoms. The first-order valence-corrected chi connectivity index (χ1v) is 14.0. The maximum absolute atomic E-state index is 11.8. The number of unbranched alkanes of at least 4 members (excludes halogenated alkanes) is 2. The van der Waals surface area contributed by atoms with Gasteiger partial charge < -0.3 is 24.1 Å². The van der Waals surface area contributed by atoms with Crippen LogP contribution in [0.2, 0.25) is 0 Å². The first-order valence-electron chi connectivity index (χ1n) is 14.0. The topological polar surface area (TPSA) is 80.3 Å². The van der Waals surface area contributed by atoms with Gasteiger partial charge in [-0.15, -0.1) is 0 Å². The van der Waals surface area contributed by atoms with E-state index in [1.807, 2.05) is 24.3 Å². The second kappa shape index (κ2) is 24.7. The number of benzene rings is 4. The molecule has 0 fully saturated rings. The Morgan fingerprint density at radius 1 is 0.512 bits per heavy atom. The van der Waals surface area contributed by atoms with E-state index in [1.165, 1.54) is 12.8 Å². The van der Waals surface area contributed by atoms with E-state index in [9.17, 15) is 19.8 Å². The maximum atomic E-state index is 11.8. The fourth-order valence-corrected chi connectivity index (χ4v) is 2.98. The van der Waals surface area contributed by atoms with E-state index in [-0.39, 0.29) is 47.0 Å². The van der Waals surface area contributed by atoms with Crippen LogP contribution in [0, 0.1) is 13.8 Å². The third-order valence-corrected chi connectivity index (χ3v) is 5.46. The molecule has 0 aliphatic carbocycles. The van der Waals surface area contributed by atoms with Crippen LogP contribution < -0.4 is 10.2 Å². The van der Waals surface area contributed by atoms with E-state index >= 15 is 0 Å². The number of allylic oxidation sites excluding steroid dienone is 2. The van der Waals surface area contributed by atoms with E-state index in [0.717, 1.165) is 25.0 Å². The molecular weight excluding hydrogens is 639 g/mol. The third kappa shape index (κ3) is 17.0. The molecule has 0 aromatic heterocycles. The maximum Gasteiger partial charge on any atom is 4.00 e. The SMILES string of the molecule is O=C(/C=C(\[O-])c1ccccc1)c1ccccc1.O=C(/C=C(\[O-])c1ccccc1)c1ccccc1.[CH2-]CCC.[CH2-]CCC.[Sn+4]. The standard InChI is InChI=1S/2C15H12O2.2C4H9.Sn/c2*16-14(12-7-3-1-4-8-12)11-15(17)13-9-5-2-6-10-13;2*1-3-4-2;/h2*1-11,16H;2*1,3-4H2,2H3;/q;;2*-1;+4/p-2/b2*14-11-;;;. The zero-order valence-corrected chi connectivity index (χ0v) is 27.9. The van der Waals surface area contributed by atoms with E-state index in [1.54, 1.807) is 97.1 Å². The number of hydrogen-bond donors (Lipinski definition) is 0. The summed E-state index contributed by atoms with van der Waals surface area (Å²) in [5.74, 6) is -1.06. The monoisotopic (exact) mass is 680 g/mol. The Kier molecular flexibility index (Phi) is 22.4. The van der Waals surface area contributed by atoms with Gasteiger partial charge in [-0.2, -0.15) is 12.8 Å². The van der Waals surface area contributed by atoms with Crippen LogP contribution in [0.4, 0.5) is 0 Å². The van der Waals surface area contributed by atoms with Crippen LogP contribution in [0.3, 0.4) is 0 Å². The number of carbonyl (C=O) groups excluding carboxylic acids is 2. The van der Waals surface area contributed by atoms with Crippen molar-refractivity contribution in [1.29, 1.82) is 0 Å². The van der Waals surface area contributed by atoms with Crippen LogP contribution in [0.15, 0.2) is 133 Å². The Balaban J connectivity index is 0.000000646. The Morgan fingerprint density at radius 3 is 0.930 bits per heavy atom. The van der Waals surface area contributed by atoms with Gasteiger partial charge in [-0.25, -0.2) is 0 Å². The molecule has 220 valence electrons. The third-order valence-electron chi connectivity index (χ3n) is 5.46. The Hall–Kier alpha value is -3.90. The number of rotatable bonds is 8. The average Bonchev–Trinajstić information content (AvgIpc) is 3.06. The minimum absolute atomic E-state index is 0. The molecule has 0 saturated heterocycles. The molecule has 0 aliphatic heterocycles. The van der Waals surface area contributed by atoms with Gasteiger partial charge in [0, 0.05) is 11.1 Å². The van der Waals surface area contributed by atoms with E-state index in [2.05, 4.69) is 27.7 Å². The fourth-order valence-electron chi connectivity index (χ4n) is 2.98. The molecule has 4 aromatic carbocycles. The molecule has 0 saturated carbocycles. The molecule has 5 heteroatoms. The Labute approximate surface area is 274 Å². The van der Waals surface area contributed by atoms with Gasteiger partial charge >= 0.3 is 23.9 Å². The second-order valence-electron chi connectivity index (χ2n) is 8.92. The molecule has 0 atom stereocenters. The molecular formula is C38H40O4Sn. The summed E-state index contributed by atoms with van der Waals surface area (Å²) in [6.45, 7) is 11.4. The predicted molar refractivity (Wildman–Crippen MR) is 177 cm³/mol. The summed E-state index contributed by atoms with van der Waals surface area (Å²) in [7, 11) is 0. The van der Waals surface area contributed by atoms with Crippen LogP contribution in [0.25, 0.3) is 11.5 Å². The molecule has 0 heterocycles. The summed E-state index contributed by atoms with van der Waals surface area (Å²) >= 11 is 0. The molecule has 43 heavy (non-hydrogen) atoms. The number of ketones is 2. The van der Waals surface area contributed by atoms with Crippen molar-refractivity contribution < 1.29 is 19.8 Å². The summed E-state index contributed by atoms with van der Waals surface area (Å²) in [4.78, 5) is 23.5. The molecule has 0 amide bonds. The van der Waals surface area contributed by atoms with Crippen LogP contribution in [-0.4, -0.2) is 35.5 Å². The summed E-state index contributed by atoms with van der Waals surface area (Å²) in [5, 5.41) is 23.5. The Morgan fingerprint density at radius 2 is 0.721 bits per heavy atom. The largest absolute Gasteiger partial charge is 4.00 e. The number of hydrogen-bond acceptors (Lipinski definition) is 4. The quantitative estimate of drug-likeness (QED) is 0.0640. The number of carbonyl (C=O) groups is 2. The summed E-state index contributed by atoms with van der Waals surface area (Å²) in [6.07, 6.45) is 6.81. The van der Waals surface area contributed by atoms with Crippen LogP contribution in [0.1, 0.15) is 71.4 Å². The van der Waals surface area contributed by atoms with Gasteiger partial charge in [0.2, 0.25) is 0 Å². The summed E-state index contributed by atoms with van der Waals surface area (Å²) in [6, 6.07) is 35.0. The van der Waals surface area contributed by atoms with E-state index in [0.29, 0.717) is 22.3 Å². The normalized spacial score (nSPS) is 10.2. The van der Waals surface area contributed by atoms with Gasteiger partial charge in [-0.05, 0) is 23.3 Å². The average molecular weight is 679 g/mol. The fraction of sp³-hybridized carbons (Fsp3) is 0.158. The molecule has 0 radical (unpaired) electrons. The van der Waals surface area contributed by atoms with Crippen molar-refractivity contribution in [3.8, 4) is 0 Å².